The monoisotopic (exact) mass is 201 g/mol. The Balaban J connectivity index is 2.15. The summed E-state index contributed by atoms with van der Waals surface area (Å²) in [5, 5.41) is 0. The molecule has 84 valence electrons. The second kappa shape index (κ2) is 6.35. The molecule has 1 aliphatic heterocycles. The molecule has 14 heavy (non-hydrogen) atoms. The average Bonchev–Trinajstić information content (AvgIpc) is 2.21. The summed E-state index contributed by atoms with van der Waals surface area (Å²) in [5.41, 5.74) is 5.52. The first kappa shape index (κ1) is 11.9. The lowest BCUT2D eigenvalue weighted by Crippen LogP contribution is -2.49. The zero-order valence-electron chi connectivity index (χ0n) is 9.41. The molecule has 4 heteroatoms. The van der Waals surface area contributed by atoms with Crippen LogP contribution in [-0.4, -0.2) is 68.8 Å². The summed E-state index contributed by atoms with van der Waals surface area (Å²) in [6, 6.07) is 0. The van der Waals surface area contributed by atoms with Gasteiger partial charge >= 0.3 is 0 Å². The van der Waals surface area contributed by atoms with Crippen molar-refractivity contribution in [3.05, 3.63) is 0 Å². The molecule has 1 atom stereocenters. The molecule has 0 saturated carbocycles. The van der Waals surface area contributed by atoms with Gasteiger partial charge in [-0.2, -0.15) is 0 Å². The van der Waals surface area contributed by atoms with Gasteiger partial charge in [-0.3, -0.25) is 9.80 Å². The minimum absolute atomic E-state index is 0.344. The van der Waals surface area contributed by atoms with Crippen molar-refractivity contribution in [2.45, 2.75) is 13.0 Å². The van der Waals surface area contributed by atoms with Crippen LogP contribution < -0.4 is 5.73 Å². The molecule has 0 aromatic rings. The van der Waals surface area contributed by atoms with E-state index in [0.717, 1.165) is 45.8 Å². The van der Waals surface area contributed by atoms with Crippen LogP contribution in [-0.2, 0) is 4.74 Å². The van der Waals surface area contributed by atoms with Crippen LogP contribution in [0.5, 0.6) is 0 Å². The summed E-state index contributed by atoms with van der Waals surface area (Å²) in [6.45, 7) is 9.56. The third kappa shape index (κ3) is 3.92. The van der Waals surface area contributed by atoms with Gasteiger partial charge in [-0.05, 0) is 6.92 Å². The highest BCUT2D eigenvalue weighted by Crippen LogP contribution is 2.02. The highest BCUT2D eigenvalue weighted by Gasteiger charge is 2.17. The van der Waals surface area contributed by atoms with Crippen molar-refractivity contribution in [1.29, 1.82) is 0 Å². The fourth-order valence-corrected chi connectivity index (χ4v) is 1.82. The molecule has 4 nitrogen and oxygen atoms in total. The number of hydrogen-bond acceptors (Lipinski definition) is 4. The van der Waals surface area contributed by atoms with E-state index in [2.05, 4.69) is 16.7 Å². The highest BCUT2D eigenvalue weighted by molar-refractivity contribution is 4.73. The Morgan fingerprint density at radius 1 is 1.21 bits per heavy atom. The topological polar surface area (TPSA) is 41.7 Å². The molecule has 0 bridgehead atoms. The van der Waals surface area contributed by atoms with Crippen molar-refractivity contribution in [1.82, 2.24) is 9.80 Å². The van der Waals surface area contributed by atoms with E-state index >= 15 is 0 Å². The van der Waals surface area contributed by atoms with Gasteiger partial charge in [0.05, 0.1) is 6.10 Å². The minimum atomic E-state index is 0.344. The zero-order chi connectivity index (χ0) is 10.4. The molecule has 1 heterocycles. The smallest absolute Gasteiger partial charge is 0.0670 e. The molecule has 1 aliphatic rings. The van der Waals surface area contributed by atoms with E-state index in [9.17, 15) is 0 Å². The number of hydrogen-bond donors (Lipinski definition) is 1. The van der Waals surface area contributed by atoms with Gasteiger partial charge in [0.25, 0.3) is 0 Å². The Morgan fingerprint density at radius 3 is 2.29 bits per heavy atom. The maximum atomic E-state index is 5.52. The van der Waals surface area contributed by atoms with Gasteiger partial charge in [-0.1, -0.05) is 0 Å². The van der Waals surface area contributed by atoms with Crippen LogP contribution in [0.25, 0.3) is 0 Å². The van der Waals surface area contributed by atoms with Gasteiger partial charge < -0.3 is 10.5 Å². The molecular formula is C10H23N3O. The SMILES string of the molecule is COC(C)CN1CCN(CCN)CC1. The van der Waals surface area contributed by atoms with Gasteiger partial charge in [-0.15, -0.1) is 0 Å². The molecule has 1 rings (SSSR count). The molecule has 0 spiro atoms. The Hall–Kier alpha value is -0.160. The summed E-state index contributed by atoms with van der Waals surface area (Å²) in [5.74, 6) is 0. The average molecular weight is 201 g/mol. The summed E-state index contributed by atoms with van der Waals surface area (Å²) in [6.07, 6.45) is 0.344. The van der Waals surface area contributed by atoms with Crippen LogP contribution in [0.2, 0.25) is 0 Å². The molecule has 0 aromatic carbocycles. The lowest BCUT2D eigenvalue weighted by molar-refractivity contribution is 0.0532. The Bertz CT molecular complexity index is 146. The molecule has 1 fully saturated rings. The van der Waals surface area contributed by atoms with E-state index in [-0.39, 0.29) is 0 Å². The van der Waals surface area contributed by atoms with Crippen molar-refractivity contribution in [2.24, 2.45) is 5.73 Å². The molecule has 0 radical (unpaired) electrons. The standard InChI is InChI=1S/C10H23N3O/c1-10(14-2)9-13-7-5-12(4-3-11)6-8-13/h10H,3-9,11H2,1-2H3. The van der Waals surface area contributed by atoms with Crippen molar-refractivity contribution < 1.29 is 4.74 Å². The predicted octanol–water partition coefficient (Wildman–Crippen LogP) is -0.402. The minimum Gasteiger partial charge on any atom is -0.380 e. The van der Waals surface area contributed by atoms with Gasteiger partial charge in [0.15, 0.2) is 0 Å². The quantitative estimate of drug-likeness (QED) is 0.657. The highest BCUT2D eigenvalue weighted by atomic mass is 16.5. The van der Waals surface area contributed by atoms with Crippen molar-refractivity contribution in [3.63, 3.8) is 0 Å². The first-order chi connectivity index (χ1) is 6.76. The molecule has 0 aromatic heterocycles. The number of ether oxygens (including phenoxy) is 1. The van der Waals surface area contributed by atoms with Crippen LogP contribution in [0.4, 0.5) is 0 Å². The lowest BCUT2D eigenvalue weighted by Gasteiger charge is -2.35. The summed E-state index contributed by atoms with van der Waals surface area (Å²) < 4.78 is 5.25. The van der Waals surface area contributed by atoms with Crippen LogP contribution in [0, 0.1) is 0 Å². The number of methoxy groups -OCH3 is 1. The second-order valence-corrected chi connectivity index (χ2v) is 3.98. The molecule has 0 amide bonds. The summed E-state index contributed by atoms with van der Waals surface area (Å²) in [7, 11) is 1.77. The molecule has 0 aliphatic carbocycles. The lowest BCUT2D eigenvalue weighted by atomic mass is 10.3. The maximum Gasteiger partial charge on any atom is 0.0670 e. The maximum absolute atomic E-state index is 5.52. The predicted molar refractivity (Wildman–Crippen MR) is 58.4 cm³/mol. The van der Waals surface area contributed by atoms with Gasteiger partial charge in [0, 0.05) is 52.9 Å². The first-order valence-corrected chi connectivity index (χ1v) is 5.44. The van der Waals surface area contributed by atoms with Crippen LogP contribution in [0.15, 0.2) is 0 Å². The number of nitrogens with zero attached hydrogens (tertiary/aromatic N) is 2. The second-order valence-electron chi connectivity index (χ2n) is 3.98. The van der Waals surface area contributed by atoms with E-state index in [4.69, 9.17) is 10.5 Å². The molecular weight excluding hydrogens is 178 g/mol. The summed E-state index contributed by atoms with van der Waals surface area (Å²) in [4.78, 5) is 4.88. The van der Waals surface area contributed by atoms with Crippen LogP contribution in [0.1, 0.15) is 6.92 Å². The fraction of sp³-hybridized carbons (Fsp3) is 1.00. The van der Waals surface area contributed by atoms with Gasteiger partial charge in [0.1, 0.15) is 0 Å². The number of rotatable bonds is 5. The number of piperazine rings is 1. The van der Waals surface area contributed by atoms with E-state index < -0.39 is 0 Å². The van der Waals surface area contributed by atoms with Crippen LogP contribution in [0.3, 0.4) is 0 Å². The Labute approximate surface area is 87.0 Å². The normalized spacial score (nSPS) is 22.5. The largest absolute Gasteiger partial charge is 0.380 e. The van der Waals surface area contributed by atoms with E-state index in [1.807, 2.05) is 0 Å². The fourth-order valence-electron chi connectivity index (χ4n) is 1.82. The van der Waals surface area contributed by atoms with E-state index in [1.165, 1.54) is 0 Å². The third-order valence-corrected chi connectivity index (χ3v) is 2.83. The first-order valence-electron chi connectivity index (χ1n) is 5.44. The zero-order valence-corrected chi connectivity index (χ0v) is 9.41. The van der Waals surface area contributed by atoms with E-state index in [0.29, 0.717) is 6.10 Å². The Kier molecular flexibility index (Phi) is 5.40. The van der Waals surface area contributed by atoms with Crippen molar-refractivity contribution in [2.75, 3.05) is 52.9 Å². The van der Waals surface area contributed by atoms with Crippen LogP contribution >= 0.6 is 0 Å². The molecule has 1 unspecified atom stereocenters. The number of nitrogens with two attached hydrogens (primary N) is 1. The van der Waals surface area contributed by atoms with Gasteiger partial charge in [-0.25, -0.2) is 0 Å². The van der Waals surface area contributed by atoms with Crippen molar-refractivity contribution >= 4 is 0 Å². The molecule has 1 saturated heterocycles. The Morgan fingerprint density at radius 2 is 1.79 bits per heavy atom. The van der Waals surface area contributed by atoms with E-state index in [1.54, 1.807) is 7.11 Å². The third-order valence-electron chi connectivity index (χ3n) is 2.83. The van der Waals surface area contributed by atoms with Crippen molar-refractivity contribution in [3.8, 4) is 0 Å². The molecule has 2 N–H and O–H groups in total. The van der Waals surface area contributed by atoms with Gasteiger partial charge in [0.2, 0.25) is 0 Å². The summed E-state index contributed by atoms with van der Waals surface area (Å²) >= 11 is 0.